The Labute approximate surface area is 117 Å². The van der Waals surface area contributed by atoms with E-state index in [9.17, 15) is 18.3 Å². The molecule has 0 amide bonds. The van der Waals surface area contributed by atoms with Crippen LogP contribution in [-0.4, -0.2) is 44.3 Å². The van der Waals surface area contributed by atoms with Crippen LogP contribution in [0.5, 0.6) is 0 Å². The molecule has 1 aromatic rings. The van der Waals surface area contributed by atoms with Crippen molar-refractivity contribution in [1.82, 2.24) is 0 Å². The Morgan fingerprint density at radius 1 is 1.42 bits per heavy atom. The van der Waals surface area contributed by atoms with Crippen molar-refractivity contribution in [1.29, 1.82) is 0 Å². The van der Waals surface area contributed by atoms with Crippen LogP contribution in [0.2, 0.25) is 0 Å². The van der Waals surface area contributed by atoms with Gasteiger partial charge in [0.25, 0.3) is 0 Å². The van der Waals surface area contributed by atoms with Crippen LogP contribution in [0.1, 0.15) is 16.8 Å². The molecule has 0 heterocycles. The van der Waals surface area contributed by atoms with Gasteiger partial charge in [0.2, 0.25) is 0 Å². The van der Waals surface area contributed by atoms with Gasteiger partial charge < -0.3 is 10.4 Å². The smallest absolute Gasteiger partial charge is 0.338 e. The summed E-state index contributed by atoms with van der Waals surface area (Å²) in [6.45, 7) is 0.422. The number of sulfone groups is 1. The number of benzene rings is 1. The number of carboxylic acid groups (broad SMARTS) is 1. The molecule has 5 nitrogen and oxygen atoms in total. The number of aromatic carboxylic acids is 1. The number of carbonyl (C=O) groups is 1. The fourth-order valence-corrected chi connectivity index (χ4v) is 2.91. The molecule has 0 aromatic heterocycles. The average molecular weight is 303 g/mol. The summed E-state index contributed by atoms with van der Waals surface area (Å²) in [5, 5.41) is 12.2. The van der Waals surface area contributed by atoms with E-state index in [4.69, 9.17) is 0 Å². The maximum Gasteiger partial charge on any atom is 0.338 e. The first-order valence-electron chi connectivity index (χ1n) is 5.67. The highest BCUT2D eigenvalue weighted by Gasteiger charge is 2.14. The van der Waals surface area contributed by atoms with E-state index in [-0.39, 0.29) is 11.3 Å². The molecular weight excluding hydrogens is 286 g/mol. The largest absolute Gasteiger partial charge is 0.478 e. The third kappa shape index (κ3) is 5.12. The third-order valence-electron chi connectivity index (χ3n) is 2.47. The molecule has 0 saturated heterocycles. The second-order valence-electron chi connectivity index (χ2n) is 4.10. The van der Waals surface area contributed by atoms with E-state index >= 15 is 0 Å². The molecule has 0 unspecified atom stereocenters. The Morgan fingerprint density at radius 2 is 2.11 bits per heavy atom. The maximum absolute atomic E-state index is 11.2. The van der Waals surface area contributed by atoms with Gasteiger partial charge in [0.15, 0.2) is 0 Å². The van der Waals surface area contributed by atoms with Crippen LogP contribution in [0.4, 0.5) is 5.69 Å². The number of rotatable bonds is 7. The summed E-state index contributed by atoms with van der Waals surface area (Å²) >= 11 is 1.36. The molecule has 0 aliphatic rings. The van der Waals surface area contributed by atoms with Gasteiger partial charge in [0.05, 0.1) is 11.3 Å². The molecule has 0 aliphatic carbocycles. The Bertz CT molecular complexity index is 555. The van der Waals surface area contributed by atoms with Crippen molar-refractivity contribution in [2.75, 3.05) is 30.1 Å². The zero-order valence-electron chi connectivity index (χ0n) is 10.8. The van der Waals surface area contributed by atoms with Crippen molar-refractivity contribution in [3.05, 3.63) is 23.8 Å². The molecule has 0 aliphatic heterocycles. The van der Waals surface area contributed by atoms with Gasteiger partial charge in [-0.2, -0.15) is 0 Å². The van der Waals surface area contributed by atoms with E-state index in [1.165, 1.54) is 18.0 Å². The molecule has 19 heavy (non-hydrogen) atoms. The summed E-state index contributed by atoms with van der Waals surface area (Å²) in [5.41, 5.74) is 0.752. The van der Waals surface area contributed by atoms with E-state index in [0.717, 1.165) is 0 Å². The quantitative estimate of drug-likeness (QED) is 0.592. The highest BCUT2D eigenvalue weighted by atomic mass is 32.2. The zero-order chi connectivity index (χ0) is 14.5. The monoisotopic (exact) mass is 303 g/mol. The lowest BCUT2D eigenvalue weighted by molar-refractivity contribution is 0.0694. The van der Waals surface area contributed by atoms with Crippen LogP contribution in [-0.2, 0) is 9.84 Å². The summed E-state index contributed by atoms with van der Waals surface area (Å²) < 4.78 is 22.0. The molecule has 0 atom stereocenters. The first-order chi connectivity index (χ1) is 8.85. The number of anilines is 1. The minimum Gasteiger partial charge on any atom is -0.478 e. The molecule has 2 N–H and O–H groups in total. The second kappa shape index (κ2) is 6.81. The van der Waals surface area contributed by atoms with E-state index in [2.05, 4.69) is 5.32 Å². The van der Waals surface area contributed by atoms with Crippen molar-refractivity contribution in [3.63, 3.8) is 0 Å². The highest BCUT2D eigenvalue weighted by Crippen LogP contribution is 2.27. The summed E-state index contributed by atoms with van der Waals surface area (Å²) in [6, 6.07) is 5.20. The van der Waals surface area contributed by atoms with Crippen molar-refractivity contribution in [2.24, 2.45) is 0 Å². The van der Waals surface area contributed by atoms with Gasteiger partial charge in [0, 0.05) is 23.4 Å². The second-order valence-corrected chi connectivity index (χ2v) is 7.21. The minimum absolute atomic E-state index is 0.0879. The van der Waals surface area contributed by atoms with Gasteiger partial charge >= 0.3 is 5.97 Å². The van der Waals surface area contributed by atoms with Gasteiger partial charge in [0.1, 0.15) is 9.84 Å². The van der Waals surface area contributed by atoms with Crippen molar-refractivity contribution < 1.29 is 18.3 Å². The van der Waals surface area contributed by atoms with Crippen LogP contribution < -0.4 is 5.32 Å². The summed E-state index contributed by atoms with van der Waals surface area (Å²) in [4.78, 5) is 11.9. The van der Waals surface area contributed by atoms with E-state index in [1.807, 2.05) is 6.26 Å². The van der Waals surface area contributed by atoms with Gasteiger partial charge in [-0.25, -0.2) is 13.2 Å². The number of carboxylic acids is 1. The summed E-state index contributed by atoms with van der Waals surface area (Å²) in [7, 11) is -2.98. The van der Waals surface area contributed by atoms with Crippen molar-refractivity contribution in [2.45, 2.75) is 11.3 Å². The SMILES string of the molecule is CSc1cccc(NCCCS(C)(=O)=O)c1C(=O)O. The predicted molar refractivity (Wildman–Crippen MR) is 78.0 cm³/mol. The number of nitrogens with one attached hydrogen (secondary N) is 1. The predicted octanol–water partition coefficient (Wildman–Crippen LogP) is 1.95. The van der Waals surface area contributed by atoms with Gasteiger partial charge in [-0.1, -0.05) is 6.07 Å². The van der Waals surface area contributed by atoms with Crippen LogP contribution in [0, 0.1) is 0 Å². The standard InChI is InChI=1S/C12H17NO4S2/c1-18-10-6-3-5-9(11(10)12(14)15)13-7-4-8-19(2,16)17/h3,5-6,13H,4,7-8H2,1-2H3,(H,14,15). The molecule has 1 aromatic carbocycles. The van der Waals surface area contributed by atoms with Gasteiger partial charge in [-0.15, -0.1) is 11.8 Å². The molecule has 0 radical (unpaired) electrons. The van der Waals surface area contributed by atoms with Crippen LogP contribution in [0.25, 0.3) is 0 Å². The fraction of sp³-hybridized carbons (Fsp3) is 0.417. The van der Waals surface area contributed by atoms with E-state index < -0.39 is 15.8 Å². The third-order valence-corrected chi connectivity index (χ3v) is 4.28. The Balaban J connectivity index is 2.76. The van der Waals surface area contributed by atoms with Crippen LogP contribution in [0.3, 0.4) is 0 Å². The Morgan fingerprint density at radius 3 is 2.63 bits per heavy atom. The molecule has 1 rings (SSSR count). The number of hydrogen-bond donors (Lipinski definition) is 2. The molecule has 106 valence electrons. The normalized spacial score (nSPS) is 11.3. The van der Waals surface area contributed by atoms with E-state index in [1.54, 1.807) is 18.2 Å². The van der Waals surface area contributed by atoms with Crippen molar-refractivity contribution >= 4 is 33.3 Å². The van der Waals surface area contributed by atoms with Gasteiger partial charge in [-0.05, 0) is 24.8 Å². The lowest BCUT2D eigenvalue weighted by Crippen LogP contribution is -2.12. The number of hydrogen-bond acceptors (Lipinski definition) is 5. The summed E-state index contributed by atoms with van der Waals surface area (Å²) in [6.07, 6.45) is 3.45. The average Bonchev–Trinajstić information content (AvgIpc) is 2.32. The topological polar surface area (TPSA) is 83.5 Å². The molecule has 0 spiro atoms. The van der Waals surface area contributed by atoms with Crippen LogP contribution in [0.15, 0.2) is 23.1 Å². The molecule has 0 saturated carbocycles. The lowest BCUT2D eigenvalue weighted by Gasteiger charge is -2.12. The van der Waals surface area contributed by atoms with E-state index in [0.29, 0.717) is 23.5 Å². The first-order valence-corrected chi connectivity index (χ1v) is 8.95. The lowest BCUT2D eigenvalue weighted by atomic mass is 10.1. The Kier molecular flexibility index (Phi) is 5.68. The molecule has 7 heteroatoms. The number of thioether (sulfide) groups is 1. The first kappa shape index (κ1) is 15.8. The Hall–Kier alpha value is -1.21. The van der Waals surface area contributed by atoms with Crippen LogP contribution >= 0.6 is 11.8 Å². The fourth-order valence-electron chi connectivity index (χ4n) is 1.63. The molecule has 0 fully saturated rings. The minimum atomic E-state index is -2.98. The van der Waals surface area contributed by atoms with Crippen molar-refractivity contribution in [3.8, 4) is 0 Å². The highest BCUT2D eigenvalue weighted by molar-refractivity contribution is 7.98. The maximum atomic E-state index is 11.2. The molecular formula is C12H17NO4S2. The van der Waals surface area contributed by atoms with Gasteiger partial charge in [-0.3, -0.25) is 0 Å². The summed E-state index contributed by atoms with van der Waals surface area (Å²) in [5.74, 6) is -0.902. The zero-order valence-corrected chi connectivity index (χ0v) is 12.5. The molecule has 0 bridgehead atoms.